The molecule has 2 fully saturated rings. The number of hydrogen-bond donors (Lipinski definition) is 1. The van der Waals surface area contributed by atoms with Crippen LogP contribution in [-0.2, 0) is 0 Å². The summed E-state index contributed by atoms with van der Waals surface area (Å²) in [6, 6.07) is 10.8. The SMILES string of the molecule is CC(C)C1CCCCC1(O)C1CC1c1ccccc1. The number of rotatable bonds is 3. The van der Waals surface area contributed by atoms with Gasteiger partial charge in [-0.3, -0.25) is 0 Å². The fourth-order valence-electron chi connectivity index (χ4n) is 4.39. The van der Waals surface area contributed by atoms with Crippen LogP contribution in [0, 0.1) is 17.8 Å². The van der Waals surface area contributed by atoms with Gasteiger partial charge in [0.2, 0.25) is 0 Å². The van der Waals surface area contributed by atoms with Crippen LogP contribution in [0.15, 0.2) is 30.3 Å². The Morgan fingerprint density at radius 3 is 2.58 bits per heavy atom. The van der Waals surface area contributed by atoms with Crippen molar-refractivity contribution in [2.45, 2.75) is 57.5 Å². The third-order valence-corrected chi connectivity index (χ3v) is 5.45. The van der Waals surface area contributed by atoms with Crippen LogP contribution >= 0.6 is 0 Å². The first-order valence-electron chi connectivity index (χ1n) is 7.90. The standard InChI is InChI=1S/C18H26O/c1-13(2)16-10-6-7-11-18(16,19)17-12-15(17)14-8-4-3-5-9-14/h3-5,8-9,13,15-17,19H,6-7,10-12H2,1-2H3. The number of hydrogen-bond acceptors (Lipinski definition) is 1. The van der Waals surface area contributed by atoms with Crippen LogP contribution < -0.4 is 0 Å². The summed E-state index contributed by atoms with van der Waals surface area (Å²) in [7, 11) is 0. The first-order chi connectivity index (χ1) is 9.13. The van der Waals surface area contributed by atoms with Gasteiger partial charge >= 0.3 is 0 Å². The molecule has 2 saturated carbocycles. The maximum Gasteiger partial charge on any atom is 0.0712 e. The van der Waals surface area contributed by atoms with Crippen molar-refractivity contribution in [1.29, 1.82) is 0 Å². The second-order valence-corrected chi connectivity index (χ2v) is 6.95. The first kappa shape index (κ1) is 13.2. The van der Waals surface area contributed by atoms with E-state index < -0.39 is 5.60 Å². The summed E-state index contributed by atoms with van der Waals surface area (Å²) in [5, 5.41) is 11.3. The summed E-state index contributed by atoms with van der Waals surface area (Å²) in [5.41, 5.74) is 1.03. The van der Waals surface area contributed by atoms with E-state index in [0.29, 0.717) is 23.7 Å². The van der Waals surface area contributed by atoms with Gasteiger partial charge in [0, 0.05) is 0 Å². The summed E-state index contributed by atoms with van der Waals surface area (Å²) in [4.78, 5) is 0. The molecule has 0 bridgehead atoms. The molecule has 104 valence electrons. The minimum atomic E-state index is -0.396. The van der Waals surface area contributed by atoms with Gasteiger partial charge in [0.25, 0.3) is 0 Å². The molecule has 0 radical (unpaired) electrons. The van der Waals surface area contributed by atoms with E-state index >= 15 is 0 Å². The normalized spacial score (nSPS) is 38.4. The third-order valence-electron chi connectivity index (χ3n) is 5.45. The van der Waals surface area contributed by atoms with E-state index in [1.807, 2.05) is 0 Å². The maximum absolute atomic E-state index is 11.3. The van der Waals surface area contributed by atoms with Crippen LogP contribution in [0.5, 0.6) is 0 Å². The van der Waals surface area contributed by atoms with E-state index in [1.165, 1.54) is 31.2 Å². The average molecular weight is 258 g/mol. The van der Waals surface area contributed by atoms with Crippen LogP contribution in [0.4, 0.5) is 0 Å². The summed E-state index contributed by atoms with van der Waals surface area (Å²) in [5.74, 6) is 2.20. The van der Waals surface area contributed by atoms with Gasteiger partial charge < -0.3 is 5.11 Å². The molecule has 0 spiro atoms. The molecule has 1 heteroatoms. The molecule has 1 aromatic rings. The lowest BCUT2D eigenvalue weighted by Gasteiger charge is -2.43. The van der Waals surface area contributed by atoms with Crippen LogP contribution in [0.3, 0.4) is 0 Å². The Hall–Kier alpha value is -0.820. The average Bonchev–Trinajstić information content (AvgIpc) is 3.21. The highest BCUT2D eigenvalue weighted by molar-refractivity contribution is 5.28. The van der Waals surface area contributed by atoms with Crippen molar-refractivity contribution in [3.05, 3.63) is 35.9 Å². The Morgan fingerprint density at radius 2 is 1.89 bits per heavy atom. The number of benzene rings is 1. The Morgan fingerprint density at radius 1 is 1.16 bits per heavy atom. The lowest BCUT2D eigenvalue weighted by molar-refractivity contribution is -0.0847. The molecule has 0 aromatic heterocycles. The van der Waals surface area contributed by atoms with Gasteiger partial charge in [-0.15, -0.1) is 0 Å². The van der Waals surface area contributed by atoms with E-state index in [-0.39, 0.29) is 0 Å². The Kier molecular flexibility index (Phi) is 3.42. The molecular formula is C18H26O. The smallest absolute Gasteiger partial charge is 0.0712 e. The lowest BCUT2D eigenvalue weighted by Crippen LogP contribution is -2.45. The molecule has 19 heavy (non-hydrogen) atoms. The van der Waals surface area contributed by atoms with E-state index in [0.717, 1.165) is 6.42 Å². The summed E-state index contributed by atoms with van der Waals surface area (Å²) in [6.07, 6.45) is 5.92. The van der Waals surface area contributed by atoms with Crippen molar-refractivity contribution in [1.82, 2.24) is 0 Å². The molecule has 3 rings (SSSR count). The van der Waals surface area contributed by atoms with E-state index in [4.69, 9.17) is 0 Å². The van der Waals surface area contributed by atoms with Crippen molar-refractivity contribution in [3.63, 3.8) is 0 Å². The first-order valence-corrected chi connectivity index (χ1v) is 7.90. The van der Waals surface area contributed by atoms with Gasteiger partial charge in [-0.2, -0.15) is 0 Å². The fourth-order valence-corrected chi connectivity index (χ4v) is 4.39. The zero-order chi connectivity index (χ0) is 13.5. The molecule has 4 unspecified atom stereocenters. The van der Waals surface area contributed by atoms with Crippen molar-refractivity contribution >= 4 is 0 Å². The zero-order valence-corrected chi connectivity index (χ0v) is 12.2. The van der Waals surface area contributed by atoms with E-state index in [2.05, 4.69) is 44.2 Å². The summed E-state index contributed by atoms with van der Waals surface area (Å²) >= 11 is 0. The molecule has 0 amide bonds. The van der Waals surface area contributed by atoms with Crippen LogP contribution in [-0.4, -0.2) is 10.7 Å². The molecule has 2 aliphatic carbocycles. The Bertz CT molecular complexity index is 425. The van der Waals surface area contributed by atoms with Gasteiger partial charge in [-0.1, -0.05) is 57.0 Å². The largest absolute Gasteiger partial charge is 0.389 e. The lowest BCUT2D eigenvalue weighted by atomic mass is 9.67. The maximum atomic E-state index is 11.3. The topological polar surface area (TPSA) is 20.2 Å². The monoisotopic (exact) mass is 258 g/mol. The molecule has 0 saturated heterocycles. The highest BCUT2D eigenvalue weighted by Gasteiger charge is 2.56. The second kappa shape index (κ2) is 4.94. The van der Waals surface area contributed by atoms with E-state index in [9.17, 15) is 5.11 Å². The third kappa shape index (κ3) is 2.33. The molecule has 1 nitrogen and oxygen atoms in total. The van der Waals surface area contributed by atoms with Gasteiger partial charge in [-0.05, 0) is 48.5 Å². The summed E-state index contributed by atoms with van der Waals surface area (Å²) < 4.78 is 0. The van der Waals surface area contributed by atoms with Gasteiger partial charge in [-0.25, -0.2) is 0 Å². The second-order valence-electron chi connectivity index (χ2n) is 6.95. The summed E-state index contributed by atoms with van der Waals surface area (Å²) in [6.45, 7) is 4.56. The highest BCUT2D eigenvalue weighted by Crippen LogP contribution is 2.59. The van der Waals surface area contributed by atoms with Crippen LogP contribution in [0.2, 0.25) is 0 Å². The zero-order valence-electron chi connectivity index (χ0n) is 12.2. The van der Waals surface area contributed by atoms with Crippen molar-refractivity contribution in [2.24, 2.45) is 17.8 Å². The van der Waals surface area contributed by atoms with Crippen LogP contribution in [0.1, 0.15) is 57.4 Å². The molecule has 4 atom stereocenters. The number of aliphatic hydroxyl groups is 1. The molecule has 0 heterocycles. The van der Waals surface area contributed by atoms with Crippen molar-refractivity contribution < 1.29 is 5.11 Å². The Balaban J connectivity index is 1.78. The van der Waals surface area contributed by atoms with Crippen molar-refractivity contribution in [3.8, 4) is 0 Å². The van der Waals surface area contributed by atoms with Crippen LogP contribution in [0.25, 0.3) is 0 Å². The molecule has 1 aromatic carbocycles. The predicted octanol–water partition coefficient (Wildman–Crippen LogP) is 4.37. The predicted molar refractivity (Wildman–Crippen MR) is 79.0 cm³/mol. The molecule has 1 N–H and O–H groups in total. The minimum absolute atomic E-state index is 0.396. The fraction of sp³-hybridized carbons (Fsp3) is 0.667. The molecular weight excluding hydrogens is 232 g/mol. The minimum Gasteiger partial charge on any atom is -0.389 e. The van der Waals surface area contributed by atoms with Crippen molar-refractivity contribution in [2.75, 3.05) is 0 Å². The van der Waals surface area contributed by atoms with Gasteiger partial charge in [0.1, 0.15) is 0 Å². The molecule has 2 aliphatic rings. The quantitative estimate of drug-likeness (QED) is 0.853. The van der Waals surface area contributed by atoms with Gasteiger partial charge in [0.05, 0.1) is 5.60 Å². The Labute approximate surface area is 117 Å². The highest BCUT2D eigenvalue weighted by atomic mass is 16.3. The van der Waals surface area contributed by atoms with Gasteiger partial charge in [0.15, 0.2) is 0 Å². The molecule has 0 aliphatic heterocycles. The van der Waals surface area contributed by atoms with E-state index in [1.54, 1.807) is 0 Å².